The molecule has 0 heterocycles. The van der Waals surface area contributed by atoms with Gasteiger partial charge in [-0.05, 0) is 31.0 Å². The van der Waals surface area contributed by atoms with Crippen LogP contribution in [0, 0.1) is 5.82 Å². The molecule has 0 bridgehead atoms. The molecule has 1 atom stereocenters. The molecule has 0 saturated heterocycles. The summed E-state index contributed by atoms with van der Waals surface area (Å²) in [5, 5.41) is 0. The molecule has 0 radical (unpaired) electrons. The maximum absolute atomic E-state index is 12.9. The number of rotatable bonds is 3. The summed E-state index contributed by atoms with van der Waals surface area (Å²) in [7, 11) is 0. The third kappa shape index (κ3) is 2.39. The van der Waals surface area contributed by atoms with E-state index in [2.05, 4.69) is 6.58 Å². The van der Waals surface area contributed by atoms with Crippen LogP contribution in [0.2, 0.25) is 0 Å². The van der Waals surface area contributed by atoms with Gasteiger partial charge in [-0.2, -0.15) is 0 Å². The van der Waals surface area contributed by atoms with Crippen LogP contribution in [-0.2, 0) is 5.54 Å². The van der Waals surface area contributed by atoms with E-state index in [1.54, 1.807) is 12.1 Å². The SMILES string of the molecule is C=CCC(C)(N)c1cccc(F)c1. The Morgan fingerprint density at radius 2 is 2.31 bits per heavy atom. The Morgan fingerprint density at radius 1 is 1.62 bits per heavy atom. The third-order valence-electron chi connectivity index (χ3n) is 2.05. The van der Waals surface area contributed by atoms with Crippen LogP contribution in [0.15, 0.2) is 36.9 Å². The Hall–Kier alpha value is -1.15. The molecule has 0 aliphatic heterocycles. The van der Waals surface area contributed by atoms with Crippen LogP contribution >= 0.6 is 0 Å². The number of hydrogen-bond acceptors (Lipinski definition) is 1. The van der Waals surface area contributed by atoms with Crippen LogP contribution < -0.4 is 5.73 Å². The van der Waals surface area contributed by atoms with Gasteiger partial charge in [0.2, 0.25) is 0 Å². The molecule has 1 rings (SSSR count). The lowest BCUT2D eigenvalue weighted by atomic mass is 9.90. The smallest absolute Gasteiger partial charge is 0.123 e. The zero-order valence-corrected chi connectivity index (χ0v) is 7.76. The molecule has 1 nitrogen and oxygen atoms in total. The molecule has 0 spiro atoms. The first-order valence-electron chi connectivity index (χ1n) is 4.22. The Morgan fingerprint density at radius 3 is 2.85 bits per heavy atom. The highest BCUT2D eigenvalue weighted by Crippen LogP contribution is 2.22. The van der Waals surface area contributed by atoms with Crippen molar-refractivity contribution in [1.82, 2.24) is 0 Å². The number of halogens is 1. The standard InChI is InChI=1S/C11H14FN/c1-3-7-11(2,13)9-5-4-6-10(12)8-9/h3-6,8H,1,7,13H2,2H3. The second-order valence-corrected chi connectivity index (χ2v) is 3.42. The summed E-state index contributed by atoms with van der Waals surface area (Å²) in [6.45, 7) is 5.48. The van der Waals surface area contributed by atoms with Gasteiger partial charge in [0.1, 0.15) is 5.82 Å². The van der Waals surface area contributed by atoms with Crippen LogP contribution in [0.4, 0.5) is 4.39 Å². The van der Waals surface area contributed by atoms with Crippen molar-refractivity contribution in [3.8, 4) is 0 Å². The second kappa shape index (κ2) is 3.71. The van der Waals surface area contributed by atoms with E-state index in [-0.39, 0.29) is 5.82 Å². The van der Waals surface area contributed by atoms with Gasteiger partial charge in [-0.1, -0.05) is 18.2 Å². The summed E-state index contributed by atoms with van der Waals surface area (Å²) in [5.74, 6) is -0.252. The average molecular weight is 179 g/mol. The molecule has 1 aromatic carbocycles. The van der Waals surface area contributed by atoms with Gasteiger partial charge < -0.3 is 5.73 Å². The predicted octanol–water partition coefficient (Wildman–Crippen LogP) is 2.58. The molecule has 0 fully saturated rings. The van der Waals surface area contributed by atoms with E-state index in [4.69, 9.17) is 5.73 Å². The van der Waals surface area contributed by atoms with Crippen LogP contribution in [0.3, 0.4) is 0 Å². The highest BCUT2D eigenvalue weighted by atomic mass is 19.1. The van der Waals surface area contributed by atoms with Gasteiger partial charge >= 0.3 is 0 Å². The first-order valence-corrected chi connectivity index (χ1v) is 4.22. The summed E-state index contributed by atoms with van der Waals surface area (Å²) in [6, 6.07) is 6.36. The Labute approximate surface area is 78.1 Å². The molecular weight excluding hydrogens is 165 g/mol. The summed E-state index contributed by atoms with van der Waals surface area (Å²) in [5.41, 5.74) is 6.25. The monoisotopic (exact) mass is 179 g/mol. The summed E-state index contributed by atoms with van der Waals surface area (Å²) < 4.78 is 12.9. The minimum atomic E-state index is -0.524. The van der Waals surface area contributed by atoms with E-state index in [0.717, 1.165) is 5.56 Å². The van der Waals surface area contributed by atoms with Gasteiger partial charge in [0.15, 0.2) is 0 Å². The van der Waals surface area contributed by atoms with E-state index in [0.29, 0.717) is 6.42 Å². The maximum atomic E-state index is 12.9. The predicted molar refractivity (Wildman–Crippen MR) is 52.8 cm³/mol. The summed E-state index contributed by atoms with van der Waals surface area (Å²) >= 11 is 0. The highest BCUT2D eigenvalue weighted by Gasteiger charge is 2.19. The molecule has 0 aromatic heterocycles. The molecule has 0 amide bonds. The normalized spacial score (nSPS) is 15.0. The van der Waals surface area contributed by atoms with Crippen LogP contribution in [0.5, 0.6) is 0 Å². The van der Waals surface area contributed by atoms with Crippen molar-refractivity contribution < 1.29 is 4.39 Å². The Balaban J connectivity index is 2.99. The minimum Gasteiger partial charge on any atom is -0.321 e. The van der Waals surface area contributed by atoms with Crippen molar-refractivity contribution in [2.75, 3.05) is 0 Å². The first kappa shape index (κ1) is 9.93. The lowest BCUT2D eigenvalue weighted by Crippen LogP contribution is -2.32. The van der Waals surface area contributed by atoms with Gasteiger partial charge in [-0.15, -0.1) is 6.58 Å². The molecule has 2 heteroatoms. The van der Waals surface area contributed by atoms with Crippen LogP contribution in [-0.4, -0.2) is 0 Å². The fraction of sp³-hybridized carbons (Fsp3) is 0.273. The summed E-state index contributed by atoms with van der Waals surface area (Å²) in [6.07, 6.45) is 2.38. The highest BCUT2D eigenvalue weighted by molar-refractivity contribution is 5.24. The molecule has 2 N–H and O–H groups in total. The van der Waals surface area contributed by atoms with Gasteiger partial charge in [0.05, 0.1) is 0 Å². The van der Waals surface area contributed by atoms with Crippen molar-refractivity contribution in [1.29, 1.82) is 0 Å². The van der Waals surface area contributed by atoms with E-state index < -0.39 is 5.54 Å². The first-order chi connectivity index (χ1) is 6.06. The Bertz CT molecular complexity index is 305. The van der Waals surface area contributed by atoms with E-state index in [1.807, 2.05) is 13.0 Å². The topological polar surface area (TPSA) is 26.0 Å². The van der Waals surface area contributed by atoms with Crippen LogP contribution in [0.25, 0.3) is 0 Å². The van der Waals surface area contributed by atoms with E-state index in [9.17, 15) is 4.39 Å². The molecule has 13 heavy (non-hydrogen) atoms. The van der Waals surface area contributed by atoms with E-state index in [1.165, 1.54) is 12.1 Å². The van der Waals surface area contributed by atoms with Crippen molar-refractivity contribution in [2.45, 2.75) is 18.9 Å². The lowest BCUT2D eigenvalue weighted by molar-refractivity contribution is 0.497. The fourth-order valence-corrected chi connectivity index (χ4v) is 1.26. The van der Waals surface area contributed by atoms with Crippen molar-refractivity contribution in [2.24, 2.45) is 5.73 Å². The molecule has 0 saturated carbocycles. The maximum Gasteiger partial charge on any atom is 0.123 e. The van der Waals surface area contributed by atoms with Gasteiger partial charge in [0.25, 0.3) is 0 Å². The lowest BCUT2D eigenvalue weighted by Gasteiger charge is -2.23. The fourth-order valence-electron chi connectivity index (χ4n) is 1.26. The number of nitrogens with two attached hydrogens (primary N) is 1. The number of hydrogen-bond donors (Lipinski definition) is 1. The Kier molecular flexibility index (Phi) is 2.83. The molecule has 70 valence electrons. The minimum absolute atomic E-state index is 0.252. The van der Waals surface area contributed by atoms with E-state index >= 15 is 0 Å². The third-order valence-corrected chi connectivity index (χ3v) is 2.05. The average Bonchev–Trinajstić information content (AvgIpc) is 2.04. The van der Waals surface area contributed by atoms with Crippen molar-refractivity contribution in [3.05, 3.63) is 48.3 Å². The van der Waals surface area contributed by atoms with Gasteiger partial charge in [-0.25, -0.2) is 4.39 Å². The zero-order valence-electron chi connectivity index (χ0n) is 7.76. The van der Waals surface area contributed by atoms with Crippen LogP contribution in [0.1, 0.15) is 18.9 Å². The number of benzene rings is 1. The molecule has 1 aromatic rings. The second-order valence-electron chi connectivity index (χ2n) is 3.42. The molecule has 0 aliphatic carbocycles. The van der Waals surface area contributed by atoms with Crippen molar-refractivity contribution in [3.63, 3.8) is 0 Å². The zero-order chi connectivity index (χ0) is 9.90. The molecular formula is C11H14FN. The molecule has 0 aliphatic rings. The van der Waals surface area contributed by atoms with Gasteiger partial charge in [-0.3, -0.25) is 0 Å². The van der Waals surface area contributed by atoms with Gasteiger partial charge in [0, 0.05) is 5.54 Å². The quantitative estimate of drug-likeness (QED) is 0.709. The largest absolute Gasteiger partial charge is 0.321 e. The van der Waals surface area contributed by atoms with Crippen molar-refractivity contribution >= 4 is 0 Å². The molecule has 1 unspecified atom stereocenters. The summed E-state index contributed by atoms with van der Waals surface area (Å²) in [4.78, 5) is 0.